The molecule has 0 radical (unpaired) electrons. The molecule has 6 nitrogen and oxygen atoms in total. The van der Waals surface area contributed by atoms with Crippen LogP contribution in [0.2, 0.25) is 0 Å². The number of amides is 2. The fourth-order valence-electron chi connectivity index (χ4n) is 1.79. The van der Waals surface area contributed by atoms with Crippen molar-refractivity contribution in [1.29, 1.82) is 0 Å². The van der Waals surface area contributed by atoms with Crippen molar-refractivity contribution in [2.45, 2.75) is 6.92 Å². The van der Waals surface area contributed by atoms with E-state index in [2.05, 4.69) is 10.3 Å². The minimum absolute atomic E-state index is 0.0599. The number of fused-ring (bicyclic) bond motifs is 1. The Morgan fingerprint density at radius 1 is 1.63 bits per heavy atom. The third kappa shape index (κ3) is 2.77. The molecular weight excluding hydrogens is 264 g/mol. The van der Waals surface area contributed by atoms with Gasteiger partial charge in [0.05, 0.1) is 23.2 Å². The summed E-state index contributed by atoms with van der Waals surface area (Å²) in [7, 11) is 0. The number of likely N-dealkylation sites (N-methyl/N-ethyl adjacent to an activating group) is 1. The van der Waals surface area contributed by atoms with Crippen LogP contribution in [0.4, 0.5) is 16.3 Å². The number of anilines is 2. The van der Waals surface area contributed by atoms with E-state index < -0.39 is 0 Å². The maximum Gasteiger partial charge on any atom is 0.321 e. The van der Waals surface area contributed by atoms with Gasteiger partial charge in [-0.25, -0.2) is 9.78 Å². The molecule has 0 bridgehead atoms. The Balaban J connectivity index is 2.24. The van der Waals surface area contributed by atoms with Crippen molar-refractivity contribution in [3.05, 3.63) is 17.6 Å². The molecule has 0 spiro atoms. The molecule has 2 heterocycles. The van der Waals surface area contributed by atoms with Crippen LogP contribution in [-0.2, 0) is 0 Å². The summed E-state index contributed by atoms with van der Waals surface area (Å²) in [5.74, 6) is 0.456. The predicted octanol–water partition coefficient (Wildman–Crippen LogP) is 1.72. The van der Waals surface area contributed by atoms with Crippen LogP contribution in [-0.4, -0.2) is 40.7 Å². The lowest BCUT2D eigenvalue weighted by Crippen LogP contribution is -2.36. The Bertz CT molecular complexity index is 584. The van der Waals surface area contributed by atoms with Crippen molar-refractivity contribution in [3.8, 4) is 0 Å². The number of aliphatic hydroxyl groups excluding tert-OH is 1. The summed E-state index contributed by atoms with van der Waals surface area (Å²) in [4.78, 5) is 17.6. The maximum absolute atomic E-state index is 12.0. The molecule has 0 atom stereocenters. The molecular formula is C12H16N4O2S. The number of nitrogens with one attached hydrogen (secondary N) is 1. The number of aromatic nitrogens is 1. The molecule has 102 valence electrons. The van der Waals surface area contributed by atoms with Crippen LogP contribution in [0.1, 0.15) is 6.92 Å². The van der Waals surface area contributed by atoms with Crippen LogP contribution in [0.5, 0.6) is 0 Å². The number of aliphatic hydroxyl groups is 1. The number of urea groups is 1. The molecule has 19 heavy (non-hydrogen) atoms. The van der Waals surface area contributed by atoms with Crippen molar-refractivity contribution in [3.63, 3.8) is 0 Å². The highest BCUT2D eigenvalue weighted by Crippen LogP contribution is 2.31. The van der Waals surface area contributed by atoms with Crippen LogP contribution in [0, 0.1) is 0 Å². The maximum atomic E-state index is 12.0. The van der Waals surface area contributed by atoms with Gasteiger partial charge in [-0.1, -0.05) is 0 Å². The second-order valence-corrected chi connectivity index (χ2v) is 4.87. The third-order valence-corrected chi connectivity index (χ3v) is 3.75. The summed E-state index contributed by atoms with van der Waals surface area (Å²) in [6.45, 7) is 2.63. The fraction of sp³-hybridized carbons (Fsp3) is 0.333. The van der Waals surface area contributed by atoms with E-state index in [0.29, 0.717) is 24.6 Å². The highest BCUT2D eigenvalue weighted by molar-refractivity contribution is 7.18. The third-order valence-electron chi connectivity index (χ3n) is 2.80. The van der Waals surface area contributed by atoms with Gasteiger partial charge in [0.1, 0.15) is 5.82 Å². The largest absolute Gasteiger partial charge is 0.395 e. The van der Waals surface area contributed by atoms with E-state index in [1.54, 1.807) is 6.20 Å². The first-order chi connectivity index (χ1) is 9.17. The summed E-state index contributed by atoms with van der Waals surface area (Å²) in [5.41, 5.74) is 6.41. The standard InChI is InChI=1S/C12H16N4O2S/c1-2-16(4-5-17)12(18)15-9-7-14-11(13)8-3-6-19-10(8)9/h3,6-7,17H,2,4-5H2,1H3,(H2,13,14)(H,15,18). The molecule has 0 fully saturated rings. The highest BCUT2D eigenvalue weighted by atomic mass is 32.1. The Hall–Kier alpha value is -1.86. The number of nitrogens with zero attached hydrogens (tertiary/aromatic N) is 2. The number of hydrogen-bond donors (Lipinski definition) is 3. The van der Waals surface area contributed by atoms with Gasteiger partial charge >= 0.3 is 6.03 Å². The van der Waals surface area contributed by atoms with Gasteiger partial charge in [0, 0.05) is 18.5 Å². The number of carbonyl (C=O) groups excluding carboxylic acids is 1. The van der Waals surface area contributed by atoms with Crippen molar-refractivity contribution >= 4 is 39.0 Å². The normalized spacial score (nSPS) is 10.6. The Morgan fingerprint density at radius 3 is 3.11 bits per heavy atom. The minimum atomic E-state index is -0.252. The summed E-state index contributed by atoms with van der Waals surface area (Å²) >= 11 is 1.50. The molecule has 4 N–H and O–H groups in total. The zero-order valence-corrected chi connectivity index (χ0v) is 11.4. The predicted molar refractivity (Wildman–Crippen MR) is 77.4 cm³/mol. The van der Waals surface area contributed by atoms with Crippen molar-refractivity contribution < 1.29 is 9.90 Å². The number of carbonyl (C=O) groups is 1. The van der Waals surface area contributed by atoms with Gasteiger partial charge in [-0.05, 0) is 18.4 Å². The number of hydrogen-bond acceptors (Lipinski definition) is 5. The summed E-state index contributed by atoms with van der Waals surface area (Å²) in [5, 5.41) is 14.5. The Kier molecular flexibility index (Phi) is 4.18. The average molecular weight is 280 g/mol. The van der Waals surface area contributed by atoms with Gasteiger partial charge in [0.2, 0.25) is 0 Å². The molecule has 2 amide bonds. The molecule has 2 aromatic rings. The quantitative estimate of drug-likeness (QED) is 0.795. The zero-order chi connectivity index (χ0) is 13.8. The summed E-state index contributed by atoms with van der Waals surface area (Å²) in [6.07, 6.45) is 1.55. The Morgan fingerprint density at radius 2 is 2.42 bits per heavy atom. The molecule has 7 heteroatoms. The molecule has 2 rings (SSSR count). The van der Waals surface area contributed by atoms with E-state index in [0.717, 1.165) is 10.1 Å². The second kappa shape index (κ2) is 5.85. The number of nitrogens with two attached hydrogens (primary N) is 1. The van der Waals surface area contributed by atoms with Crippen molar-refractivity contribution in [1.82, 2.24) is 9.88 Å². The van der Waals surface area contributed by atoms with Gasteiger partial charge in [-0.15, -0.1) is 11.3 Å². The smallest absolute Gasteiger partial charge is 0.321 e. The minimum Gasteiger partial charge on any atom is -0.395 e. The zero-order valence-electron chi connectivity index (χ0n) is 10.6. The van der Waals surface area contributed by atoms with Gasteiger partial charge in [-0.3, -0.25) is 0 Å². The topological polar surface area (TPSA) is 91.5 Å². The highest BCUT2D eigenvalue weighted by Gasteiger charge is 2.14. The molecule has 0 unspecified atom stereocenters. The monoisotopic (exact) mass is 280 g/mol. The molecule has 0 aliphatic carbocycles. The number of nitrogen functional groups attached to an aromatic ring is 1. The first-order valence-corrected chi connectivity index (χ1v) is 6.83. The van der Waals surface area contributed by atoms with Crippen LogP contribution < -0.4 is 11.1 Å². The van der Waals surface area contributed by atoms with Crippen LogP contribution >= 0.6 is 11.3 Å². The van der Waals surface area contributed by atoms with E-state index in [-0.39, 0.29) is 12.6 Å². The van der Waals surface area contributed by atoms with E-state index in [4.69, 9.17) is 10.8 Å². The van der Waals surface area contributed by atoms with E-state index in [9.17, 15) is 4.79 Å². The molecule has 0 aliphatic heterocycles. The lowest BCUT2D eigenvalue weighted by molar-refractivity contribution is 0.192. The van der Waals surface area contributed by atoms with Crippen LogP contribution in [0.3, 0.4) is 0 Å². The SMILES string of the molecule is CCN(CCO)C(=O)Nc1cnc(N)c2ccsc12. The van der Waals surface area contributed by atoms with Crippen molar-refractivity contribution in [2.75, 3.05) is 30.7 Å². The van der Waals surface area contributed by atoms with Crippen molar-refractivity contribution in [2.24, 2.45) is 0 Å². The molecule has 2 aromatic heterocycles. The van der Waals surface area contributed by atoms with Crippen LogP contribution in [0.25, 0.3) is 10.1 Å². The fourth-order valence-corrected chi connectivity index (χ4v) is 2.66. The first kappa shape index (κ1) is 13.6. The average Bonchev–Trinajstić information content (AvgIpc) is 2.89. The lowest BCUT2D eigenvalue weighted by Gasteiger charge is -2.20. The number of rotatable bonds is 4. The van der Waals surface area contributed by atoms with E-state index >= 15 is 0 Å². The molecule has 0 saturated carbocycles. The van der Waals surface area contributed by atoms with Gasteiger partial charge in [-0.2, -0.15) is 0 Å². The Labute approximate surface area is 114 Å². The van der Waals surface area contributed by atoms with E-state index in [1.165, 1.54) is 16.2 Å². The van der Waals surface area contributed by atoms with Crippen LogP contribution in [0.15, 0.2) is 17.6 Å². The second-order valence-electron chi connectivity index (χ2n) is 3.95. The van der Waals surface area contributed by atoms with Gasteiger partial charge < -0.3 is 21.1 Å². The molecule has 0 aliphatic rings. The van der Waals surface area contributed by atoms with E-state index in [1.807, 2.05) is 18.4 Å². The van der Waals surface area contributed by atoms with Gasteiger partial charge in [0.15, 0.2) is 0 Å². The lowest BCUT2D eigenvalue weighted by atomic mass is 10.3. The molecule has 0 aromatic carbocycles. The molecule has 0 saturated heterocycles. The first-order valence-electron chi connectivity index (χ1n) is 5.95. The number of thiophene rings is 1. The summed E-state index contributed by atoms with van der Waals surface area (Å²) < 4.78 is 0.904. The summed E-state index contributed by atoms with van der Waals surface area (Å²) in [6, 6.07) is 1.63. The number of pyridine rings is 1. The van der Waals surface area contributed by atoms with Gasteiger partial charge in [0.25, 0.3) is 0 Å².